The van der Waals surface area contributed by atoms with Crippen molar-refractivity contribution < 1.29 is 4.79 Å². The lowest BCUT2D eigenvalue weighted by Gasteiger charge is -2.06. The van der Waals surface area contributed by atoms with Gasteiger partial charge in [0.25, 0.3) is 0 Å². The molecule has 1 fully saturated rings. The lowest BCUT2D eigenvalue weighted by Crippen LogP contribution is -2.25. The van der Waals surface area contributed by atoms with Gasteiger partial charge < -0.3 is 5.32 Å². The number of hydrogen-bond donors (Lipinski definition) is 1. The third kappa shape index (κ3) is 2.59. The van der Waals surface area contributed by atoms with E-state index in [0.717, 1.165) is 5.56 Å². The summed E-state index contributed by atoms with van der Waals surface area (Å²) >= 11 is 0. The zero-order chi connectivity index (χ0) is 12.4. The van der Waals surface area contributed by atoms with Crippen molar-refractivity contribution >= 4 is 16.6 Å². The van der Waals surface area contributed by atoms with Crippen LogP contribution in [0.1, 0.15) is 18.4 Å². The summed E-state index contributed by atoms with van der Waals surface area (Å²) in [6.07, 6.45) is 2.98. The molecule has 2 aromatic carbocycles. The quantitative estimate of drug-likeness (QED) is 0.869. The number of Topliss-reactive ketones (excluding diaryl/α,β-unsaturated/α-hetero) is 1. The molecule has 1 aliphatic carbocycles. The molecule has 0 atom stereocenters. The molecule has 0 unspecified atom stereocenters. The Bertz CT molecular complexity index is 567. The molecule has 0 radical (unpaired) electrons. The molecule has 0 heterocycles. The third-order valence-corrected chi connectivity index (χ3v) is 3.43. The first-order chi connectivity index (χ1) is 8.83. The number of ketones is 1. The molecule has 0 amide bonds. The Kier molecular flexibility index (Phi) is 3.11. The Morgan fingerprint density at radius 1 is 1.11 bits per heavy atom. The summed E-state index contributed by atoms with van der Waals surface area (Å²) in [5, 5.41) is 5.68. The Labute approximate surface area is 107 Å². The molecule has 18 heavy (non-hydrogen) atoms. The molecule has 0 bridgehead atoms. The standard InChI is InChI=1S/C16H17NO/c18-15(11-17-14-8-9-14)10-13-6-3-5-12-4-1-2-7-16(12)13/h1-7,14,17H,8-11H2. The van der Waals surface area contributed by atoms with Crippen molar-refractivity contribution in [2.75, 3.05) is 6.54 Å². The van der Waals surface area contributed by atoms with Gasteiger partial charge in [-0.3, -0.25) is 4.79 Å². The summed E-state index contributed by atoms with van der Waals surface area (Å²) in [5.41, 5.74) is 1.13. The maximum absolute atomic E-state index is 11.9. The Hall–Kier alpha value is -1.67. The molecular weight excluding hydrogens is 222 g/mol. The van der Waals surface area contributed by atoms with Gasteiger partial charge in [-0.05, 0) is 29.2 Å². The van der Waals surface area contributed by atoms with E-state index in [2.05, 4.69) is 29.6 Å². The first-order valence-corrected chi connectivity index (χ1v) is 6.54. The number of carbonyl (C=O) groups excluding carboxylic acids is 1. The van der Waals surface area contributed by atoms with E-state index in [4.69, 9.17) is 0 Å². The number of carbonyl (C=O) groups is 1. The molecule has 0 saturated heterocycles. The second-order valence-electron chi connectivity index (χ2n) is 5.01. The number of hydrogen-bond acceptors (Lipinski definition) is 2. The predicted molar refractivity (Wildman–Crippen MR) is 73.7 cm³/mol. The number of benzene rings is 2. The van der Waals surface area contributed by atoms with E-state index in [1.54, 1.807) is 0 Å². The fourth-order valence-corrected chi connectivity index (χ4v) is 2.27. The van der Waals surface area contributed by atoms with Crippen LogP contribution in [0.15, 0.2) is 42.5 Å². The van der Waals surface area contributed by atoms with Crippen LogP contribution < -0.4 is 5.32 Å². The van der Waals surface area contributed by atoms with E-state index >= 15 is 0 Å². The van der Waals surface area contributed by atoms with E-state index < -0.39 is 0 Å². The summed E-state index contributed by atoms with van der Waals surface area (Å²) < 4.78 is 0. The topological polar surface area (TPSA) is 29.1 Å². The average molecular weight is 239 g/mol. The largest absolute Gasteiger partial charge is 0.307 e. The normalized spacial score (nSPS) is 14.9. The van der Waals surface area contributed by atoms with Gasteiger partial charge in [0, 0.05) is 12.5 Å². The van der Waals surface area contributed by atoms with E-state index in [-0.39, 0.29) is 5.78 Å². The first kappa shape index (κ1) is 11.4. The lowest BCUT2D eigenvalue weighted by molar-refractivity contribution is -0.117. The zero-order valence-electron chi connectivity index (χ0n) is 10.4. The highest BCUT2D eigenvalue weighted by molar-refractivity contribution is 5.91. The van der Waals surface area contributed by atoms with Crippen molar-refractivity contribution in [3.63, 3.8) is 0 Å². The number of rotatable bonds is 5. The van der Waals surface area contributed by atoms with E-state index in [0.29, 0.717) is 19.0 Å². The van der Waals surface area contributed by atoms with Crippen LogP contribution >= 0.6 is 0 Å². The summed E-state index contributed by atoms with van der Waals surface area (Å²) in [6, 6.07) is 15.0. The SMILES string of the molecule is O=C(CNC1CC1)Cc1cccc2ccccc12. The Morgan fingerprint density at radius 2 is 1.89 bits per heavy atom. The van der Waals surface area contributed by atoms with E-state index in [1.807, 2.05) is 18.2 Å². The van der Waals surface area contributed by atoms with Crippen LogP contribution in [0.25, 0.3) is 10.8 Å². The highest BCUT2D eigenvalue weighted by Gasteiger charge is 2.21. The third-order valence-electron chi connectivity index (χ3n) is 3.43. The van der Waals surface area contributed by atoms with Crippen molar-refractivity contribution in [2.45, 2.75) is 25.3 Å². The first-order valence-electron chi connectivity index (χ1n) is 6.54. The van der Waals surface area contributed by atoms with Gasteiger partial charge in [-0.2, -0.15) is 0 Å². The van der Waals surface area contributed by atoms with E-state index in [1.165, 1.54) is 23.6 Å². The molecule has 0 aliphatic heterocycles. The highest BCUT2D eigenvalue weighted by atomic mass is 16.1. The van der Waals surface area contributed by atoms with Crippen LogP contribution in [0.5, 0.6) is 0 Å². The maximum atomic E-state index is 11.9. The molecule has 3 rings (SSSR count). The van der Waals surface area contributed by atoms with Crippen molar-refractivity contribution in [3.05, 3.63) is 48.0 Å². The van der Waals surface area contributed by atoms with E-state index in [9.17, 15) is 4.79 Å². The minimum atomic E-state index is 0.276. The van der Waals surface area contributed by atoms with Gasteiger partial charge in [0.1, 0.15) is 0 Å². The second kappa shape index (κ2) is 4.91. The highest BCUT2D eigenvalue weighted by Crippen LogP contribution is 2.20. The fourth-order valence-electron chi connectivity index (χ4n) is 2.27. The molecular formula is C16H17NO. The summed E-state index contributed by atoms with van der Waals surface area (Å²) in [5.74, 6) is 0.276. The van der Waals surface area contributed by atoms with Gasteiger partial charge in [-0.25, -0.2) is 0 Å². The second-order valence-corrected chi connectivity index (χ2v) is 5.01. The smallest absolute Gasteiger partial charge is 0.150 e. The minimum absolute atomic E-state index is 0.276. The monoisotopic (exact) mass is 239 g/mol. The molecule has 2 heteroatoms. The van der Waals surface area contributed by atoms with Crippen molar-refractivity contribution in [2.24, 2.45) is 0 Å². The van der Waals surface area contributed by atoms with Crippen LogP contribution in [0.3, 0.4) is 0 Å². The fraction of sp³-hybridized carbons (Fsp3) is 0.312. The predicted octanol–water partition coefficient (Wildman–Crippen LogP) is 2.70. The summed E-state index contributed by atoms with van der Waals surface area (Å²) in [7, 11) is 0. The van der Waals surface area contributed by atoms with Gasteiger partial charge >= 0.3 is 0 Å². The summed E-state index contributed by atoms with van der Waals surface area (Å²) in [4.78, 5) is 11.9. The van der Waals surface area contributed by atoms with Crippen molar-refractivity contribution in [1.29, 1.82) is 0 Å². The van der Waals surface area contributed by atoms with Crippen LogP contribution in [-0.4, -0.2) is 18.4 Å². The molecule has 1 saturated carbocycles. The van der Waals surface area contributed by atoms with Crippen LogP contribution in [0.2, 0.25) is 0 Å². The Balaban J connectivity index is 1.74. The summed E-state index contributed by atoms with van der Waals surface area (Å²) in [6.45, 7) is 0.508. The lowest BCUT2D eigenvalue weighted by atomic mass is 10.0. The maximum Gasteiger partial charge on any atom is 0.150 e. The molecule has 2 aromatic rings. The number of nitrogens with one attached hydrogen (secondary N) is 1. The van der Waals surface area contributed by atoms with Crippen LogP contribution in [0.4, 0.5) is 0 Å². The van der Waals surface area contributed by atoms with Crippen LogP contribution in [0, 0.1) is 0 Å². The molecule has 0 aromatic heterocycles. The zero-order valence-corrected chi connectivity index (χ0v) is 10.4. The molecule has 0 spiro atoms. The average Bonchev–Trinajstić information content (AvgIpc) is 3.21. The molecule has 92 valence electrons. The minimum Gasteiger partial charge on any atom is -0.307 e. The van der Waals surface area contributed by atoms with Gasteiger partial charge in [0.05, 0.1) is 6.54 Å². The van der Waals surface area contributed by atoms with Gasteiger partial charge in [0.2, 0.25) is 0 Å². The Morgan fingerprint density at radius 3 is 2.72 bits per heavy atom. The van der Waals surface area contributed by atoms with Crippen molar-refractivity contribution in [1.82, 2.24) is 5.32 Å². The van der Waals surface area contributed by atoms with Crippen LogP contribution in [-0.2, 0) is 11.2 Å². The molecule has 2 nitrogen and oxygen atoms in total. The van der Waals surface area contributed by atoms with Gasteiger partial charge in [0.15, 0.2) is 5.78 Å². The van der Waals surface area contributed by atoms with Gasteiger partial charge in [-0.15, -0.1) is 0 Å². The molecule has 1 N–H and O–H groups in total. The van der Waals surface area contributed by atoms with Gasteiger partial charge in [-0.1, -0.05) is 42.5 Å². The number of fused-ring (bicyclic) bond motifs is 1. The van der Waals surface area contributed by atoms with Crippen molar-refractivity contribution in [3.8, 4) is 0 Å². The molecule has 1 aliphatic rings.